The van der Waals surface area contributed by atoms with Gasteiger partial charge in [0.1, 0.15) is 5.52 Å². The predicted molar refractivity (Wildman–Crippen MR) is 78.5 cm³/mol. The Labute approximate surface area is 119 Å². The highest BCUT2D eigenvalue weighted by Gasteiger charge is 2.39. The van der Waals surface area contributed by atoms with Crippen LogP contribution in [0.3, 0.4) is 0 Å². The van der Waals surface area contributed by atoms with E-state index in [2.05, 4.69) is 11.9 Å². The Hall–Kier alpha value is -1.02. The largest absolute Gasteiger partial charge is 0.441 e. The van der Waals surface area contributed by atoms with Crippen LogP contribution in [0.4, 0.5) is 0 Å². The van der Waals surface area contributed by atoms with Crippen molar-refractivity contribution >= 4 is 22.7 Å². The fourth-order valence-corrected chi connectivity index (χ4v) is 3.85. The molecule has 1 aromatic carbocycles. The zero-order valence-electron chi connectivity index (χ0n) is 11.4. The number of halogens is 1. The molecule has 0 aliphatic heterocycles. The van der Waals surface area contributed by atoms with E-state index >= 15 is 0 Å². The number of hydrogen-bond donors (Lipinski definition) is 0. The normalized spacial score (nSPS) is 19.9. The Bertz CT molecular complexity index is 524. The highest BCUT2D eigenvalue weighted by atomic mass is 35.5. The minimum Gasteiger partial charge on any atom is -0.441 e. The van der Waals surface area contributed by atoms with E-state index in [1.807, 2.05) is 24.3 Å². The number of aromatic nitrogens is 1. The summed E-state index contributed by atoms with van der Waals surface area (Å²) in [5.41, 5.74) is 2.08. The first-order valence-electron chi connectivity index (χ1n) is 7.22. The van der Waals surface area contributed by atoms with Gasteiger partial charge in [-0.1, -0.05) is 31.9 Å². The van der Waals surface area contributed by atoms with Gasteiger partial charge in [-0.25, -0.2) is 4.98 Å². The summed E-state index contributed by atoms with van der Waals surface area (Å²) in [5.74, 6) is 0.779. The second-order valence-electron chi connectivity index (χ2n) is 5.67. The molecule has 0 spiro atoms. The Kier molecular flexibility index (Phi) is 3.53. The number of fused-ring (bicyclic) bond motifs is 1. The Balaban J connectivity index is 1.80. The van der Waals surface area contributed by atoms with Crippen molar-refractivity contribution in [1.82, 2.24) is 4.98 Å². The lowest BCUT2D eigenvalue weighted by Gasteiger charge is -2.32. The summed E-state index contributed by atoms with van der Waals surface area (Å²) in [4.78, 5) is 4.54. The van der Waals surface area contributed by atoms with Gasteiger partial charge in [-0.15, -0.1) is 11.6 Å². The van der Waals surface area contributed by atoms with Crippen molar-refractivity contribution in [2.45, 2.75) is 50.8 Å². The van der Waals surface area contributed by atoms with Crippen molar-refractivity contribution in [3.63, 3.8) is 0 Å². The second-order valence-corrected chi connectivity index (χ2v) is 6.20. The van der Waals surface area contributed by atoms with E-state index in [1.165, 1.54) is 25.7 Å². The third-order valence-electron chi connectivity index (χ3n) is 4.66. The van der Waals surface area contributed by atoms with Gasteiger partial charge < -0.3 is 4.42 Å². The molecule has 2 nitrogen and oxygen atoms in total. The number of hydrogen-bond acceptors (Lipinski definition) is 2. The van der Waals surface area contributed by atoms with Gasteiger partial charge in [-0.2, -0.15) is 0 Å². The molecular formula is C16H20ClNO. The van der Waals surface area contributed by atoms with Gasteiger partial charge in [0.05, 0.1) is 0 Å². The standard InChI is InChI=1S/C16H20ClNO/c1-2-16(9-5-6-10-16)14(17)11-15-18-12-7-3-4-8-13(12)19-15/h3-4,7-8,14H,2,5-6,9-11H2,1H3. The molecule has 1 saturated carbocycles. The smallest absolute Gasteiger partial charge is 0.196 e. The maximum Gasteiger partial charge on any atom is 0.196 e. The first-order valence-corrected chi connectivity index (χ1v) is 7.66. The van der Waals surface area contributed by atoms with Crippen molar-refractivity contribution in [3.05, 3.63) is 30.2 Å². The summed E-state index contributed by atoms with van der Waals surface area (Å²) >= 11 is 6.71. The van der Waals surface area contributed by atoms with Crippen molar-refractivity contribution in [3.8, 4) is 0 Å². The summed E-state index contributed by atoms with van der Waals surface area (Å²) in [6.45, 7) is 2.26. The van der Waals surface area contributed by atoms with Crippen molar-refractivity contribution in [1.29, 1.82) is 0 Å². The molecule has 3 heteroatoms. The van der Waals surface area contributed by atoms with Crippen molar-refractivity contribution in [2.75, 3.05) is 0 Å². The van der Waals surface area contributed by atoms with Crippen LogP contribution in [0.25, 0.3) is 11.1 Å². The van der Waals surface area contributed by atoms with Gasteiger partial charge in [-0.05, 0) is 36.8 Å². The Morgan fingerprint density at radius 1 is 1.32 bits per heavy atom. The highest BCUT2D eigenvalue weighted by Crippen LogP contribution is 2.47. The molecule has 102 valence electrons. The molecule has 0 amide bonds. The zero-order chi connectivity index (χ0) is 13.3. The number of benzene rings is 1. The van der Waals surface area contributed by atoms with Crippen LogP contribution in [0.15, 0.2) is 28.7 Å². The Morgan fingerprint density at radius 2 is 2.05 bits per heavy atom. The lowest BCUT2D eigenvalue weighted by Crippen LogP contribution is -2.29. The fourth-order valence-electron chi connectivity index (χ4n) is 3.34. The van der Waals surface area contributed by atoms with Crippen molar-refractivity contribution in [2.24, 2.45) is 5.41 Å². The monoisotopic (exact) mass is 277 g/mol. The van der Waals surface area contributed by atoms with Gasteiger partial charge in [0.2, 0.25) is 0 Å². The molecule has 0 bridgehead atoms. The number of oxazole rings is 1. The Morgan fingerprint density at radius 3 is 2.74 bits per heavy atom. The minimum atomic E-state index is 0.132. The molecule has 2 aromatic rings. The van der Waals surface area contributed by atoms with E-state index in [-0.39, 0.29) is 5.38 Å². The molecule has 1 fully saturated rings. The van der Waals surface area contributed by atoms with Crippen LogP contribution < -0.4 is 0 Å². The topological polar surface area (TPSA) is 26.0 Å². The van der Waals surface area contributed by atoms with Crippen LogP contribution in [-0.4, -0.2) is 10.4 Å². The average Bonchev–Trinajstić information content (AvgIpc) is 3.05. The summed E-state index contributed by atoms with van der Waals surface area (Å²) in [5, 5.41) is 0.132. The molecule has 3 rings (SSSR count). The molecule has 1 aromatic heterocycles. The first-order chi connectivity index (χ1) is 9.23. The van der Waals surface area contributed by atoms with Crippen molar-refractivity contribution < 1.29 is 4.42 Å². The number of nitrogens with zero attached hydrogens (tertiary/aromatic N) is 1. The van der Waals surface area contributed by atoms with Crippen LogP contribution in [0.1, 0.15) is 44.9 Å². The third-order valence-corrected chi connectivity index (χ3v) is 5.28. The van der Waals surface area contributed by atoms with Crippen LogP contribution in [0, 0.1) is 5.41 Å². The van der Waals surface area contributed by atoms with Crippen LogP contribution in [0.5, 0.6) is 0 Å². The summed E-state index contributed by atoms with van der Waals surface area (Å²) in [7, 11) is 0. The molecule has 1 aliphatic carbocycles. The van der Waals surface area contributed by atoms with E-state index < -0.39 is 0 Å². The zero-order valence-corrected chi connectivity index (χ0v) is 12.1. The molecule has 19 heavy (non-hydrogen) atoms. The maximum atomic E-state index is 6.71. The molecule has 1 unspecified atom stereocenters. The lowest BCUT2D eigenvalue weighted by molar-refractivity contribution is 0.259. The minimum absolute atomic E-state index is 0.132. The SMILES string of the molecule is CCC1(C(Cl)Cc2nc3ccccc3o2)CCCC1. The van der Waals surface area contributed by atoms with Crippen LogP contribution in [-0.2, 0) is 6.42 Å². The number of rotatable bonds is 4. The van der Waals surface area contributed by atoms with Gasteiger partial charge >= 0.3 is 0 Å². The van der Waals surface area contributed by atoms with Gasteiger partial charge in [-0.3, -0.25) is 0 Å². The second kappa shape index (κ2) is 5.16. The number of alkyl halides is 1. The highest BCUT2D eigenvalue weighted by molar-refractivity contribution is 6.21. The van der Waals surface area contributed by atoms with Gasteiger partial charge in [0.25, 0.3) is 0 Å². The number of para-hydroxylation sites is 2. The fraction of sp³-hybridized carbons (Fsp3) is 0.562. The van der Waals surface area contributed by atoms with Gasteiger partial charge in [0.15, 0.2) is 11.5 Å². The maximum absolute atomic E-state index is 6.71. The summed E-state index contributed by atoms with van der Waals surface area (Å²) in [6.07, 6.45) is 7.01. The third kappa shape index (κ3) is 2.38. The average molecular weight is 278 g/mol. The molecule has 1 aliphatic rings. The van der Waals surface area contributed by atoms with Crippen LogP contribution in [0.2, 0.25) is 0 Å². The van der Waals surface area contributed by atoms with E-state index in [9.17, 15) is 0 Å². The molecular weight excluding hydrogens is 258 g/mol. The molecule has 1 atom stereocenters. The molecule has 0 saturated heterocycles. The van der Waals surface area contributed by atoms with E-state index in [0.29, 0.717) is 5.41 Å². The molecule has 1 heterocycles. The molecule has 0 radical (unpaired) electrons. The predicted octanol–water partition coefficient (Wildman–Crippen LogP) is 4.95. The van der Waals surface area contributed by atoms with E-state index in [1.54, 1.807) is 0 Å². The van der Waals surface area contributed by atoms with Crippen LogP contribution >= 0.6 is 11.6 Å². The van der Waals surface area contributed by atoms with Gasteiger partial charge in [0, 0.05) is 11.8 Å². The summed E-state index contributed by atoms with van der Waals surface area (Å²) in [6, 6.07) is 7.90. The first kappa shape index (κ1) is 13.0. The van der Waals surface area contributed by atoms with E-state index in [4.69, 9.17) is 16.0 Å². The lowest BCUT2D eigenvalue weighted by atomic mass is 9.78. The summed E-state index contributed by atoms with van der Waals surface area (Å²) < 4.78 is 5.79. The molecule has 0 N–H and O–H groups in total. The quantitative estimate of drug-likeness (QED) is 0.739. The van der Waals surface area contributed by atoms with E-state index in [0.717, 1.165) is 29.8 Å².